The number of hydrogen-bond donors (Lipinski definition) is 1. The van der Waals surface area contributed by atoms with Crippen LogP contribution in [0.1, 0.15) is 18.1 Å². The highest BCUT2D eigenvalue weighted by Crippen LogP contribution is 2.20. The van der Waals surface area contributed by atoms with Gasteiger partial charge in [-0.05, 0) is 48.9 Å². The van der Waals surface area contributed by atoms with Crippen LogP contribution in [0.15, 0.2) is 84.0 Å². The SMILES string of the molecule is COc1ccccc1/C=N\NC(=O)[C@H](C)Oc1ccc(OCc2ccccc2)cc1. The van der Waals surface area contributed by atoms with Crippen LogP contribution in [0.5, 0.6) is 17.2 Å². The Balaban J connectivity index is 1.48. The summed E-state index contributed by atoms with van der Waals surface area (Å²) in [4.78, 5) is 12.2. The Morgan fingerprint density at radius 1 is 0.967 bits per heavy atom. The van der Waals surface area contributed by atoms with Gasteiger partial charge < -0.3 is 14.2 Å². The van der Waals surface area contributed by atoms with Crippen LogP contribution in [0.3, 0.4) is 0 Å². The Labute approximate surface area is 176 Å². The summed E-state index contributed by atoms with van der Waals surface area (Å²) in [6, 6.07) is 24.5. The fraction of sp³-hybridized carbons (Fsp3) is 0.167. The van der Waals surface area contributed by atoms with E-state index in [0.717, 1.165) is 16.9 Å². The minimum absolute atomic E-state index is 0.356. The third-order valence-electron chi connectivity index (χ3n) is 4.27. The number of ether oxygens (including phenoxy) is 3. The zero-order valence-electron chi connectivity index (χ0n) is 16.9. The van der Waals surface area contributed by atoms with Gasteiger partial charge in [-0.1, -0.05) is 42.5 Å². The van der Waals surface area contributed by atoms with E-state index in [9.17, 15) is 4.79 Å². The van der Waals surface area contributed by atoms with E-state index in [-0.39, 0.29) is 5.91 Å². The standard InChI is InChI=1S/C24H24N2O4/c1-18(24(27)26-25-16-20-10-6-7-11-23(20)28-2)30-22-14-12-21(13-15-22)29-17-19-8-4-3-5-9-19/h3-16,18H,17H2,1-2H3,(H,26,27)/b25-16-/t18-/m0/s1. The molecule has 1 amide bonds. The number of hydrogen-bond acceptors (Lipinski definition) is 5. The Hall–Kier alpha value is -3.80. The molecule has 30 heavy (non-hydrogen) atoms. The van der Waals surface area contributed by atoms with Gasteiger partial charge in [-0.2, -0.15) is 5.10 Å². The summed E-state index contributed by atoms with van der Waals surface area (Å²) in [6.45, 7) is 2.15. The summed E-state index contributed by atoms with van der Waals surface area (Å²) in [6.07, 6.45) is 0.818. The van der Waals surface area contributed by atoms with Crippen molar-refractivity contribution in [2.75, 3.05) is 7.11 Å². The molecule has 6 heteroatoms. The van der Waals surface area contributed by atoms with Crippen LogP contribution < -0.4 is 19.6 Å². The number of rotatable bonds is 9. The molecular formula is C24H24N2O4. The molecular weight excluding hydrogens is 380 g/mol. The Morgan fingerprint density at radius 2 is 1.63 bits per heavy atom. The molecule has 1 N–H and O–H groups in total. The second-order valence-electron chi connectivity index (χ2n) is 6.48. The molecule has 1 atom stereocenters. The molecule has 3 aromatic carbocycles. The van der Waals surface area contributed by atoms with Crippen LogP contribution in [-0.4, -0.2) is 25.3 Å². The van der Waals surface area contributed by atoms with Gasteiger partial charge >= 0.3 is 0 Å². The summed E-state index contributed by atoms with van der Waals surface area (Å²) >= 11 is 0. The normalized spacial score (nSPS) is 11.7. The minimum atomic E-state index is -0.712. The van der Waals surface area contributed by atoms with E-state index >= 15 is 0 Å². The number of carbonyl (C=O) groups is 1. The van der Waals surface area contributed by atoms with E-state index in [0.29, 0.717) is 18.1 Å². The van der Waals surface area contributed by atoms with Gasteiger partial charge in [0.15, 0.2) is 6.10 Å². The van der Waals surface area contributed by atoms with Crippen molar-refractivity contribution in [2.24, 2.45) is 5.10 Å². The first-order valence-corrected chi connectivity index (χ1v) is 9.55. The number of hydrazone groups is 1. The predicted molar refractivity (Wildman–Crippen MR) is 116 cm³/mol. The lowest BCUT2D eigenvalue weighted by atomic mass is 10.2. The van der Waals surface area contributed by atoms with E-state index in [1.807, 2.05) is 66.7 Å². The number of amides is 1. The van der Waals surface area contributed by atoms with E-state index < -0.39 is 6.10 Å². The summed E-state index contributed by atoms with van der Waals surface area (Å²) < 4.78 is 16.7. The number of carbonyl (C=O) groups excluding carboxylic acids is 1. The van der Waals surface area contributed by atoms with Crippen LogP contribution >= 0.6 is 0 Å². The minimum Gasteiger partial charge on any atom is -0.496 e. The van der Waals surface area contributed by atoms with E-state index in [1.54, 1.807) is 26.2 Å². The second-order valence-corrected chi connectivity index (χ2v) is 6.48. The maximum atomic E-state index is 12.2. The molecule has 6 nitrogen and oxygen atoms in total. The lowest BCUT2D eigenvalue weighted by Crippen LogP contribution is -2.33. The smallest absolute Gasteiger partial charge is 0.280 e. The summed E-state index contributed by atoms with van der Waals surface area (Å²) in [5.41, 5.74) is 4.34. The third-order valence-corrected chi connectivity index (χ3v) is 4.27. The number of benzene rings is 3. The van der Waals surface area contributed by atoms with Gasteiger partial charge in [-0.15, -0.1) is 0 Å². The number of para-hydroxylation sites is 1. The maximum Gasteiger partial charge on any atom is 0.280 e. The van der Waals surface area contributed by atoms with Crippen molar-refractivity contribution in [3.63, 3.8) is 0 Å². The molecule has 3 rings (SSSR count). The molecule has 0 aromatic heterocycles. The molecule has 0 bridgehead atoms. The fourth-order valence-electron chi connectivity index (χ4n) is 2.64. The largest absolute Gasteiger partial charge is 0.496 e. The van der Waals surface area contributed by atoms with Gasteiger partial charge in [0.25, 0.3) is 5.91 Å². The average molecular weight is 404 g/mol. The monoisotopic (exact) mass is 404 g/mol. The molecule has 0 unspecified atom stereocenters. The zero-order chi connectivity index (χ0) is 21.2. The highest BCUT2D eigenvalue weighted by Gasteiger charge is 2.14. The first kappa shape index (κ1) is 20.9. The predicted octanol–water partition coefficient (Wildman–Crippen LogP) is 4.19. The van der Waals surface area contributed by atoms with E-state index in [2.05, 4.69) is 10.5 Å². The van der Waals surface area contributed by atoms with Crippen molar-refractivity contribution in [1.82, 2.24) is 5.43 Å². The molecule has 0 aliphatic heterocycles. The highest BCUT2D eigenvalue weighted by molar-refractivity contribution is 5.86. The van der Waals surface area contributed by atoms with Crippen molar-refractivity contribution >= 4 is 12.1 Å². The number of methoxy groups -OCH3 is 1. The highest BCUT2D eigenvalue weighted by atomic mass is 16.5. The third kappa shape index (κ3) is 6.10. The van der Waals surface area contributed by atoms with Crippen molar-refractivity contribution < 1.29 is 19.0 Å². The quantitative estimate of drug-likeness (QED) is 0.429. The van der Waals surface area contributed by atoms with E-state index in [1.165, 1.54) is 6.21 Å². The van der Waals surface area contributed by atoms with Gasteiger partial charge in [-0.3, -0.25) is 4.79 Å². The van der Waals surface area contributed by atoms with Gasteiger partial charge in [0, 0.05) is 5.56 Å². The summed E-state index contributed by atoms with van der Waals surface area (Å²) in [7, 11) is 1.58. The molecule has 0 heterocycles. The maximum absolute atomic E-state index is 12.2. The van der Waals surface area contributed by atoms with Crippen LogP contribution in [0, 0.1) is 0 Å². The van der Waals surface area contributed by atoms with Crippen LogP contribution in [0.25, 0.3) is 0 Å². The van der Waals surface area contributed by atoms with Crippen molar-refractivity contribution in [2.45, 2.75) is 19.6 Å². The summed E-state index contributed by atoms with van der Waals surface area (Å²) in [5.74, 6) is 1.61. The number of nitrogens with one attached hydrogen (secondary N) is 1. The zero-order valence-corrected chi connectivity index (χ0v) is 16.9. The molecule has 0 saturated heterocycles. The van der Waals surface area contributed by atoms with Crippen molar-refractivity contribution in [1.29, 1.82) is 0 Å². The Kier molecular flexibility index (Phi) is 7.44. The first-order valence-electron chi connectivity index (χ1n) is 9.55. The van der Waals surface area contributed by atoms with Crippen LogP contribution in [-0.2, 0) is 11.4 Å². The molecule has 0 aliphatic rings. The Morgan fingerprint density at radius 3 is 2.37 bits per heavy atom. The molecule has 3 aromatic rings. The lowest BCUT2D eigenvalue weighted by molar-refractivity contribution is -0.127. The van der Waals surface area contributed by atoms with Crippen molar-refractivity contribution in [3.05, 3.63) is 90.0 Å². The fourth-order valence-corrected chi connectivity index (χ4v) is 2.64. The molecule has 154 valence electrons. The number of nitrogens with zero attached hydrogens (tertiary/aromatic N) is 1. The second kappa shape index (κ2) is 10.7. The Bertz CT molecular complexity index is 972. The summed E-state index contributed by atoms with van der Waals surface area (Å²) in [5, 5.41) is 3.98. The van der Waals surface area contributed by atoms with Crippen molar-refractivity contribution in [3.8, 4) is 17.2 Å². The molecule has 0 fully saturated rings. The molecule has 0 aliphatic carbocycles. The van der Waals surface area contributed by atoms with Gasteiger partial charge in [0.2, 0.25) is 0 Å². The topological polar surface area (TPSA) is 69.2 Å². The van der Waals surface area contributed by atoms with Gasteiger partial charge in [0.1, 0.15) is 23.9 Å². The van der Waals surface area contributed by atoms with Gasteiger partial charge in [0.05, 0.1) is 13.3 Å². The van der Waals surface area contributed by atoms with Crippen LogP contribution in [0.4, 0.5) is 0 Å². The average Bonchev–Trinajstić information content (AvgIpc) is 2.79. The molecule has 0 spiro atoms. The molecule has 0 saturated carbocycles. The first-order chi connectivity index (χ1) is 14.7. The lowest BCUT2D eigenvalue weighted by Gasteiger charge is -2.13. The molecule has 0 radical (unpaired) electrons. The van der Waals surface area contributed by atoms with Crippen LogP contribution in [0.2, 0.25) is 0 Å². The van der Waals surface area contributed by atoms with Gasteiger partial charge in [-0.25, -0.2) is 5.43 Å². The van der Waals surface area contributed by atoms with E-state index in [4.69, 9.17) is 14.2 Å².